The number of piperazine rings is 1. The van der Waals surface area contributed by atoms with Gasteiger partial charge in [-0.25, -0.2) is 13.4 Å². The Hall–Kier alpha value is -2.66. The SMILES string of the molecule is C[C@@H]1CN(c2ccc(C(F)(F)F)cn2)C[C@H](C)N1S(=O)(=O)C1(C(=O)O)CCc2ccccc21. The van der Waals surface area contributed by atoms with E-state index in [0.717, 1.165) is 12.3 Å². The highest BCUT2D eigenvalue weighted by molar-refractivity contribution is 7.91. The third-order valence-electron chi connectivity index (χ3n) is 6.50. The van der Waals surface area contributed by atoms with Crippen molar-refractivity contribution >= 4 is 21.8 Å². The number of carboxylic acid groups (broad SMARTS) is 1. The van der Waals surface area contributed by atoms with Gasteiger partial charge < -0.3 is 10.0 Å². The first kappa shape index (κ1) is 23.5. The Morgan fingerprint density at radius 3 is 2.30 bits per heavy atom. The van der Waals surface area contributed by atoms with Crippen molar-refractivity contribution in [1.82, 2.24) is 9.29 Å². The van der Waals surface area contributed by atoms with E-state index in [0.29, 0.717) is 23.4 Å². The van der Waals surface area contributed by atoms with Crippen molar-refractivity contribution in [1.29, 1.82) is 0 Å². The molecule has 1 saturated heterocycles. The molecule has 1 aromatic heterocycles. The largest absolute Gasteiger partial charge is 0.480 e. The van der Waals surface area contributed by atoms with Crippen molar-refractivity contribution in [3.05, 3.63) is 59.3 Å². The van der Waals surface area contributed by atoms with Crippen LogP contribution in [-0.4, -0.2) is 54.0 Å². The number of carboxylic acids is 1. The zero-order chi connectivity index (χ0) is 24.2. The number of benzene rings is 1. The van der Waals surface area contributed by atoms with E-state index in [4.69, 9.17) is 0 Å². The summed E-state index contributed by atoms with van der Waals surface area (Å²) in [6.07, 6.45) is -3.45. The van der Waals surface area contributed by atoms with Crippen molar-refractivity contribution < 1.29 is 31.5 Å². The summed E-state index contributed by atoms with van der Waals surface area (Å²) in [6, 6.07) is 7.66. The molecule has 4 rings (SSSR count). The highest BCUT2D eigenvalue weighted by Gasteiger charge is 2.60. The summed E-state index contributed by atoms with van der Waals surface area (Å²) < 4.78 is 65.6. The molecule has 0 spiro atoms. The molecule has 1 aliphatic carbocycles. The summed E-state index contributed by atoms with van der Waals surface area (Å²) >= 11 is 0. The van der Waals surface area contributed by atoms with E-state index in [2.05, 4.69) is 4.98 Å². The number of aryl methyl sites for hydroxylation is 1. The van der Waals surface area contributed by atoms with E-state index in [1.165, 1.54) is 10.4 Å². The van der Waals surface area contributed by atoms with Crippen molar-refractivity contribution in [2.24, 2.45) is 0 Å². The normalized spacial score (nSPS) is 26.3. The molecule has 33 heavy (non-hydrogen) atoms. The number of rotatable bonds is 4. The van der Waals surface area contributed by atoms with Crippen LogP contribution in [0.4, 0.5) is 19.0 Å². The molecule has 11 heteroatoms. The number of halogens is 3. The van der Waals surface area contributed by atoms with E-state index in [9.17, 15) is 31.5 Å². The standard InChI is InChI=1S/C22H24F3N3O4S/c1-14-12-27(19-8-7-17(11-26-19)22(23,24)25)13-15(2)28(14)33(31,32)21(20(29)30)10-9-16-5-3-4-6-18(16)21/h3-8,11,14-15H,9-10,12-13H2,1-2H3,(H,29,30)/t14-,15+,21?. The van der Waals surface area contributed by atoms with Crippen LogP contribution in [0.15, 0.2) is 42.6 Å². The summed E-state index contributed by atoms with van der Waals surface area (Å²) in [7, 11) is -4.33. The number of carbonyl (C=O) groups is 1. The number of aliphatic carboxylic acids is 1. The van der Waals surface area contributed by atoms with Gasteiger partial charge >= 0.3 is 12.1 Å². The minimum atomic E-state index is -4.50. The number of fused-ring (bicyclic) bond motifs is 1. The molecule has 1 N–H and O–H groups in total. The lowest BCUT2D eigenvalue weighted by Gasteiger charge is -2.46. The summed E-state index contributed by atoms with van der Waals surface area (Å²) in [6.45, 7) is 3.67. The molecular weight excluding hydrogens is 459 g/mol. The van der Waals surface area contributed by atoms with Gasteiger partial charge in [-0.15, -0.1) is 0 Å². The molecule has 0 saturated carbocycles. The highest BCUT2D eigenvalue weighted by atomic mass is 32.2. The number of hydrogen-bond acceptors (Lipinski definition) is 5. The number of alkyl halides is 3. The third-order valence-corrected chi connectivity index (χ3v) is 9.25. The molecule has 178 valence electrons. The highest BCUT2D eigenvalue weighted by Crippen LogP contribution is 2.46. The van der Waals surface area contributed by atoms with Crippen LogP contribution in [0, 0.1) is 0 Å². The molecule has 1 fully saturated rings. The maximum Gasteiger partial charge on any atom is 0.417 e. The zero-order valence-corrected chi connectivity index (χ0v) is 18.9. The van der Waals surface area contributed by atoms with Gasteiger partial charge in [-0.2, -0.15) is 17.5 Å². The second-order valence-corrected chi connectivity index (χ2v) is 10.7. The van der Waals surface area contributed by atoms with Gasteiger partial charge in [-0.05, 0) is 49.9 Å². The predicted octanol–water partition coefficient (Wildman–Crippen LogP) is 3.26. The van der Waals surface area contributed by atoms with E-state index < -0.39 is 44.6 Å². The molecule has 0 amide bonds. The number of pyridine rings is 1. The van der Waals surface area contributed by atoms with Crippen LogP contribution >= 0.6 is 0 Å². The molecule has 0 radical (unpaired) electrons. The average Bonchev–Trinajstić information content (AvgIpc) is 3.14. The van der Waals surface area contributed by atoms with Crippen LogP contribution < -0.4 is 4.90 Å². The summed E-state index contributed by atoms with van der Waals surface area (Å²) in [5.41, 5.74) is 0.136. The van der Waals surface area contributed by atoms with Gasteiger partial charge in [-0.3, -0.25) is 4.79 Å². The first-order valence-corrected chi connectivity index (χ1v) is 12.0. The fourth-order valence-electron chi connectivity index (χ4n) is 5.07. The Morgan fingerprint density at radius 1 is 1.12 bits per heavy atom. The Balaban J connectivity index is 1.65. The van der Waals surface area contributed by atoms with E-state index in [-0.39, 0.29) is 19.5 Å². The fourth-order valence-corrected chi connectivity index (χ4v) is 7.57. The molecule has 2 aromatic rings. The van der Waals surface area contributed by atoms with Crippen LogP contribution in [0.1, 0.15) is 37.0 Å². The minimum Gasteiger partial charge on any atom is -0.480 e. The summed E-state index contributed by atoms with van der Waals surface area (Å²) in [4.78, 5) is 18.1. The van der Waals surface area contributed by atoms with E-state index in [1.54, 1.807) is 43.0 Å². The van der Waals surface area contributed by atoms with Gasteiger partial charge in [0, 0.05) is 31.4 Å². The van der Waals surface area contributed by atoms with Gasteiger partial charge in [0.25, 0.3) is 0 Å². The molecule has 2 aliphatic rings. The van der Waals surface area contributed by atoms with Crippen LogP contribution in [0.5, 0.6) is 0 Å². The number of sulfonamides is 1. The molecular formula is C22H24F3N3O4S. The molecule has 2 heterocycles. The number of aromatic nitrogens is 1. The first-order chi connectivity index (χ1) is 15.4. The van der Waals surface area contributed by atoms with Crippen LogP contribution in [0.25, 0.3) is 0 Å². The summed E-state index contributed by atoms with van der Waals surface area (Å²) in [5, 5.41) is 10.2. The second kappa shape index (κ2) is 7.98. The molecule has 1 unspecified atom stereocenters. The average molecular weight is 484 g/mol. The monoisotopic (exact) mass is 483 g/mol. The predicted molar refractivity (Wildman–Crippen MR) is 115 cm³/mol. The third kappa shape index (κ3) is 3.67. The lowest BCUT2D eigenvalue weighted by Crippen LogP contribution is -2.63. The number of anilines is 1. The van der Waals surface area contributed by atoms with Crippen LogP contribution in [0.2, 0.25) is 0 Å². The van der Waals surface area contributed by atoms with Gasteiger partial charge in [-0.1, -0.05) is 24.3 Å². The lowest BCUT2D eigenvalue weighted by atomic mass is 10.0. The molecule has 1 aromatic carbocycles. The van der Waals surface area contributed by atoms with Crippen molar-refractivity contribution in [3.63, 3.8) is 0 Å². The van der Waals surface area contributed by atoms with Gasteiger partial charge in [0.05, 0.1) is 5.56 Å². The van der Waals surface area contributed by atoms with Gasteiger partial charge in [0.2, 0.25) is 14.8 Å². The smallest absolute Gasteiger partial charge is 0.417 e. The Labute approximate surface area is 189 Å². The topological polar surface area (TPSA) is 90.8 Å². The van der Waals surface area contributed by atoms with Crippen molar-refractivity contribution in [2.45, 2.75) is 49.7 Å². The maximum atomic E-state index is 13.9. The molecule has 0 bridgehead atoms. The van der Waals surface area contributed by atoms with Crippen LogP contribution in [-0.2, 0) is 32.2 Å². The van der Waals surface area contributed by atoms with Gasteiger partial charge in [0.15, 0.2) is 0 Å². The maximum absolute atomic E-state index is 13.9. The van der Waals surface area contributed by atoms with Crippen LogP contribution in [0.3, 0.4) is 0 Å². The van der Waals surface area contributed by atoms with Gasteiger partial charge in [0.1, 0.15) is 5.82 Å². The molecule has 1 aliphatic heterocycles. The molecule has 7 nitrogen and oxygen atoms in total. The van der Waals surface area contributed by atoms with E-state index >= 15 is 0 Å². The number of hydrogen-bond donors (Lipinski definition) is 1. The Bertz CT molecular complexity index is 1160. The second-order valence-electron chi connectivity index (χ2n) is 8.63. The Kier molecular flexibility index (Phi) is 5.68. The van der Waals surface area contributed by atoms with Crippen molar-refractivity contribution in [3.8, 4) is 0 Å². The first-order valence-electron chi connectivity index (χ1n) is 10.5. The summed E-state index contributed by atoms with van der Waals surface area (Å²) in [5.74, 6) is -1.10. The minimum absolute atomic E-state index is 0.0515. The van der Waals surface area contributed by atoms with E-state index in [1.807, 2.05) is 0 Å². The Morgan fingerprint density at radius 2 is 1.76 bits per heavy atom. The molecule has 3 atom stereocenters. The fraction of sp³-hybridized carbons (Fsp3) is 0.455. The lowest BCUT2D eigenvalue weighted by molar-refractivity contribution is -0.140. The zero-order valence-electron chi connectivity index (χ0n) is 18.1. The quantitative estimate of drug-likeness (QED) is 0.718. The number of nitrogens with zero attached hydrogens (tertiary/aromatic N) is 3. The van der Waals surface area contributed by atoms with Crippen molar-refractivity contribution in [2.75, 3.05) is 18.0 Å².